The summed E-state index contributed by atoms with van der Waals surface area (Å²) in [6.45, 7) is 7.98. The lowest BCUT2D eigenvalue weighted by Gasteiger charge is -2.36. The molecule has 1 atom stereocenters. The summed E-state index contributed by atoms with van der Waals surface area (Å²) in [5.74, 6) is 0.111. The fraction of sp³-hybridized carbons (Fsp3) is 0.611. The Morgan fingerprint density at radius 3 is 2.60 bits per heavy atom. The second kappa shape index (κ2) is 7.49. The van der Waals surface area contributed by atoms with Crippen molar-refractivity contribution in [3.8, 4) is 0 Å². The van der Waals surface area contributed by atoms with Gasteiger partial charge in [0.2, 0.25) is 0 Å². The maximum atomic E-state index is 12.4. The first kappa shape index (κ1) is 17.8. The van der Waals surface area contributed by atoms with Crippen molar-refractivity contribution >= 4 is 11.6 Å². The molecule has 2 heterocycles. The highest BCUT2D eigenvalue weighted by molar-refractivity contribution is 5.81. The van der Waals surface area contributed by atoms with Gasteiger partial charge in [-0.3, -0.25) is 19.8 Å². The van der Waals surface area contributed by atoms with Crippen LogP contribution in [0, 0.1) is 24.0 Å². The molecule has 0 unspecified atom stereocenters. The molecule has 0 aromatic heterocycles. The van der Waals surface area contributed by atoms with Crippen LogP contribution in [-0.2, 0) is 16.1 Å². The number of rotatable bonds is 4. The van der Waals surface area contributed by atoms with Crippen LogP contribution in [0.25, 0.3) is 0 Å². The first-order valence-corrected chi connectivity index (χ1v) is 8.83. The van der Waals surface area contributed by atoms with Gasteiger partial charge in [0, 0.05) is 51.0 Å². The van der Waals surface area contributed by atoms with E-state index < -0.39 is 0 Å². The van der Waals surface area contributed by atoms with Crippen molar-refractivity contribution in [2.45, 2.75) is 39.3 Å². The molecule has 0 N–H and O–H groups in total. The van der Waals surface area contributed by atoms with Crippen LogP contribution in [0.1, 0.15) is 29.5 Å². The summed E-state index contributed by atoms with van der Waals surface area (Å²) < 4.78 is 5.49. The molecule has 25 heavy (non-hydrogen) atoms. The van der Waals surface area contributed by atoms with E-state index in [-0.39, 0.29) is 22.6 Å². The molecule has 2 aliphatic heterocycles. The topological polar surface area (TPSA) is 75.9 Å². The van der Waals surface area contributed by atoms with Crippen molar-refractivity contribution in [3.63, 3.8) is 0 Å². The third kappa shape index (κ3) is 3.99. The first-order chi connectivity index (χ1) is 12.0. The van der Waals surface area contributed by atoms with E-state index in [0.717, 1.165) is 42.6 Å². The van der Waals surface area contributed by atoms with Gasteiger partial charge in [-0.1, -0.05) is 6.07 Å². The van der Waals surface area contributed by atoms with Crippen LogP contribution < -0.4 is 0 Å². The number of benzene rings is 1. The Hall–Kier alpha value is -1.99. The van der Waals surface area contributed by atoms with Crippen LogP contribution in [0.15, 0.2) is 12.1 Å². The average molecular weight is 347 g/mol. The number of piperazine rings is 1. The number of carbonyl (C=O) groups excluding carboxylic acids is 1. The van der Waals surface area contributed by atoms with Crippen LogP contribution >= 0.6 is 0 Å². The highest BCUT2D eigenvalue weighted by atomic mass is 16.6. The van der Waals surface area contributed by atoms with Crippen molar-refractivity contribution < 1.29 is 14.5 Å². The molecule has 2 saturated heterocycles. The summed E-state index contributed by atoms with van der Waals surface area (Å²) in [6.07, 6.45) is 1.53. The van der Waals surface area contributed by atoms with Crippen LogP contribution in [0.4, 0.5) is 5.69 Å². The molecule has 3 rings (SSSR count). The molecule has 0 radical (unpaired) electrons. The minimum absolute atomic E-state index is 0.111. The van der Waals surface area contributed by atoms with Crippen LogP contribution in [-0.4, -0.2) is 59.5 Å². The number of carbonyl (C=O) groups is 1. The molecule has 7 nitrogen and oxygen atoms in total. The standard InChI is InChI=1S/C18H25N3O4/c1-13-10-15(14(2)16(11-13)21(23)24)12-19-5-7-20(8-6-19)18(22)17-4-3-9-25-17/h10-11,17H,3-9,12H2,1-2H3/t17-/m1/s1. The fourth-order valence-electron chi connectivity index (χ4n) is 3.61. The molecular formula is C18H25N3O4. The highest BCUT2D eigenvalue weighted by Gasteiger charge is 2.30. The normalized spacial score (nSPS) is 21.5. The lowest BCUT2D eigenvalue weighted by molar-refractivity contribution is -0.385. The second-order valence-corrected chi connectivity index (χ2v) is 6.93. The lowest BCUT2D eigenvalue weighted by atomic mass is 10.0. The third-order valence-electron chi connectivity index (χ3n) is 5.11. The van der Waals surface area contributed by atoms with E-state index in [0.29, 0.717) is 26.2 Å². The van der Waals surface area contributed by atoms with Gasteiger partial charge in [0.15, 0.2) is 0 Å². The van der Waals surface area contributed by atoms with Crippen LogP contribution in [0.3, 0.4) is 0 Å². The fourth-order valence-corrected chi connectivity index (χ4v) is 3.61. The van der Waals surface area contributed by atoms with Crippen molar-refractivity contribution in [3.05, 3.63) is 38.9 Å². The summed E-state index contributed by atoms with van der Waals surface area (Å²) in [6, 6.07) is 3.64. The monoisotopic (exact) mass is 347 g/mol. The average Bonchev–Trinajstić information content (AvgIpc) is 3.12. The number of aryl methyl sites for hydroxylation is 1. The molecule has 0 aliphatic carbocycles. The summed E-state index contributed by atoms with van der Waals surface area (Å²) in [7, 11) is 0. The molecule has 0 bridgehead atoms. The quantitative estimate of drug-likeness (QED) is 0.615. The van der Waals surface area contributed by atoms with E-state index in [1.165, 1.54) is 0 Å². The SMILES string of the molecule is Cc1cc(CN2CCN(C(=O)[C@H]3CCCO3)CC2)c(C)c([N+](=O)[O-])c1. The third-order valence-corrected chi connectivity index (χ3v) is 5.11. The number of amides is 1. The predicted octanol–water partition coefficient (Wildman–Crippen LogP) is 2.03. The summed E-state index contributed by atoms with van der Waals surface area (Å²) in [4.78, 5) is 27.4. The number of hydrogen-bond acceptors (Lipinski definition) is 5. The van der Waals surface area contributed by atoms with Gasteiger partial charge in [0.05, 0.1) is 4.92 Å². The molecule has 136 valence electrons. The van der Waals surface area contributed by atoms with Crippen molar-refractivity contribution in [2.75, 3.05) is 32.8 Å². The molecule has 0 spiro atoms. The van der Waals surface area contributed by atoms with Gasteiger partial charge in [-0.2, -0.15) is 0 Å². The molecule has 7 heteroatoms. The van der Waals surface area contributed by atoms with Gasteiger partial charge in [0.1, 0.15) is 6.10 Å². The van der Waals surface area contributed by atoms with Gasteiger partial charge < -0.3 is 9.64 Å². The zero-order valence-corrected chi connectivity index (χ0v) is 14.9. The van der Waals surface area contributed by atoms with Crippen molar-refractivity contribution in [1.29, 1.82) is 0 Å². The van der Waals surface area contributed by atoms with Gasteiger partial charge in [-0.15, -0.1) is 0 Å². The largest absolute Gasteiger partial charge is 0.368 e. The maximum Gasteiger partial charge on any atom is 0.272 e. The number of hydrogen-bond donors (Lipinski definition) is 0. The van der Waals surface area contributed by atoms with Crippen molar-refractivity contribution in [1.82, 2.24) is 9.80 Å². The Morgan fingerprint density at radius 2 is 2.00 bits per heavy atom. The smallest absolute Gasteiger partial charge is 0.272 e. The van der Waals surface area contributed by atoms with E-state index >= 15 is 0 Å². The van der Waals surface area contributed by atoms with E-state index in [2.05, 4.69) is 4.90 Å². The van der Waals surface area contributed by atoms with Gasteiger partial charge in [-0.05, 0) is 37.8 Å². The zero-order valence-electron chi connectivity index (χ0n) is 14.9. The minimum atomic E-state index is -0.315. The Bertz CT molecular complexity index is 663. The first-order valence-electron chi connectivity index (χ1n) is 8.83. The molecule has 2 aliphatic rings. The summed E-state index contributed by atoms with van der Waals surface area (Å²) >= 11 is 0. The zero-order chi connectivity index (χ0) is 18.0. The molecule has 1 aromatic carbocycles. The van der Waals surface area contributed by atoms with Gasteiger partial charge >= 0.3 is 0 Å². The molecule has 1 amide bonds. The van der Waals surface area contributed by atoms with E-state index in [1.807, 2.05) is 24.8 Å². The molecular weight excluding hydrogens is 322 g/mol. The highest BCUT2D eigenvalue weighted by Crippen LogP contribution is 2.25. The van der Waals surface area contributed by atoms with Crippen molar-refractivity contribution in [2.24, 2.45) is 0 Å². The van der Waals surface area contributed by atoms with Gasteiger partial charge in [0.25, 0.3) is 11.6 Å². The second-order valence-electron chi connectivity index (χ2n) is 6.93. The van der Waals surface area contributed by atoms with Gasteiger partial charge in [-0.25, -0.2) is 0 Å². The Balaban J connectivity index is 1.61. The Morgan fingerprint density at radius 1 is 1.28 bits per heavy atom. The van der Waals surface area contributed by atoms with E-state index in [4.69, 9.17) is 4.74 Å². The number of nitro groups is 1. The lowest BCUT2D eigenvalue weighted by Crippen LogP contribution is -2.51. The van der Waals surface area contributed by atoms with Crippen LogP contribution in [0.2, 0.25) is 0 Å². The maximum absolute atomic E-state index is 12.4. The Kier molecular flexibility index (Phi) is 5.34. The number of ether oxygens (including phenoxy) is 1. The van der Waals surface area contributed by atoms with E-state index in [1.54, 1.807) is 6.07 Å². The molecule has 2 fully saturated rings. The predicted molar refractivity (Wildman–Crippen MR) is 93.4 cm³/mol. The molecule has 0 saturated carbocycles. The number of nitro benzene ring substituents is 1. The number of nitrogens with zero attached hydrogens (tertiary/aromatic N) is 3. The Labute approximate surface area is 147 Å². The summed E-state index contributed by atoms with van der Waals surface area (Å²) in [5.41, 5.74) is 2.81. The van der Waals surface area contributed by atoms with E-state index in [9.17, 15) is 14.9 Å². The summed E-state index contributed by atoms with van der Waals surface area (Å²) in [5, 5.41) is 11.2. The van der Waals surface area contributed by atoms with Crippen LogP contribution in [0.5, 0.6) is 0 Å². The minimum Gasteiger partial charge on any atom is -0.368 e. The molecule has 1 aromatic rings.